The molecule has 1 spiro atoms. The summed E-state index contributed by atoms with van der Waals surface area (Å²) in [6.07, 6.45) is 1.30. The summed E-state index contributed by atoms with van der Waals surface area (Å²) in [5, 5.41) is 20.7. The second-order valence-corrected chi connectivity index (χ2v) is 8.73. The standard InChI is InChI=1S/C14H26O7S/c1-12(2)10-13(16,4-5-14(12)19-6-7-20-14)8-11(15)9-21-22(3,17)18/h11,15-16H,4-10H2,1-3H3. The molecule has 1 aliphatic carbocycles. The van der Waals surface area contributed by atoms with Gasteiger partial charge in [0.2, 0.25) is 0 Å². The van der Waals surface area contributed by atoms with Gasteiger partial charge in [-0.1, -0.05) is 13.8 Å². The fourth-order valence-corrected chi connectivity index (χ4v) is 4.05. The van der Waals surface area contributed by atoms with E-state index in [0.29, 0.717) is 32.5 Å². The third-order valence-electron chi connectivity index (χ3n) is 4.57. The highest BCUT2D eigenvalue weighted by molar-refractivity contribution is 7.85. The maximum Gasteiger partial charge on any atom is 0.264 e. The molecule has 0 bridgehead atoms. The third-order valence-corrected chi connectivity index (χ3v) is 5.13. The van der Waals surface area contributed by atoms with E-state index in [9.17, 15) is 18.6 Å². The lowest BCUT2D eigenvalue weighted by atomic mass is 9.64. The molecule has 2 rings (SSSR count). The minimum absolute atomic E-state index is 0.0576. The Morgan fingerprint density at radius 2 is 1.82 bits per heavy atom. The zero-order chi connectivity index (χ0) is 16.6. The molecule has 0 aromatic rings. The van der Waals surface area contributed by atoms with Crippen molar-refractivity contribution in [1.82, 2.24) is 0 Å². The lowest BCUT2D eigenvalue weighted by Gasteiger charge is -2.51. The van der Waals surface area contributed by atoms with Crippen molar-refractivity contribution in [3.05, 3.63) is 0 Å². The Bertz CT molecular complexity index is 495. The minimum Gasteiger partial charge on any atom is -0.391 e. The molecule has 1 heterocycles. The van der Waals surface area contributed by atoms with E-state index in [-0.39, 0.29) is 13.0 Å². The number of aliphatic hydroxyl groups excluding tert-OH is 1. The predicted octanol–water partition coefficient (Wildman–Crippen LogP) is 0.398. The SMILES string of the molecule is CC1(C)CC(O)(CC(O)COS(C)(=O)=O)CCC12OCCO2. The number of hydrogen-bond acceptors (Lipinski definition) is 7. The van der Waals surface area contributed by atoms with E-state index in [2.05, 4.69) is 4.18 Å². The van der Waals surface area contributed by atoms with Gasteiger partial charge in [0, 0.05) is 18.3 Å². The first-order chi connectivity index (χ1) is 9.97. The second-order valence-electron chi connectivity index (χ2n) is 7.08. The fraction of sp³-hybridized carbons (Fsp3) is 1.00. The van der Waals surface area contributed by atoms with Crippen LogP contribution in [-0.4, -0.2) is 62.2 Å². The van der Waals surface area contributed by atoms with E-state index in [1.165, 1.54) is 0 Å². The first-order valence-electron chi connectivity index (χ1n) is 7.50. The van der Waals surface area contributed by atoms with Gasteiger partial charge in [0.15, 0.2) is 5.79 Å². The van der Waals surface area contributed by atoms with Crippen molar-refractivity contribution in [2.45, 2.75) is 57.0 Å². The smallest absolute Gasteiger partial charge is 0.264 e. The van der Waals surface area contributed by atoms with Crippen LogP contribution in [0.2, 0.25) is 0 Å². The summed E-state index contributed by atoms with van der Waals surface area (Å²) in [6, 6.07) is 0. The normalized spacial score (nSPS) is 32.2. The van der Waals surface area contributed by atoms with E-state index in [1.54, 1.807) is 0 Å². The van der Waals surface area contributed by atoms with Crippen molar-refractivity contribution in [3.8, 4) is 0 Å². The first-order valence-corrected chi connectivity index (χ1v) is 9.32. The number of aliphatic hydroxyl groups is 2. The van der Waals surface area contributed by atoms with E-state index in [0.717, 1.165) is 6.26 Å². The average Bonchev–Trinajstić information content (AvgIpc) is 2.81. The lowest BCUT2D eigenvalue weighted by molar-refractivity contribution is -0.273. The highest BCUT2D eigenvalue weighted by Gasteiger charge is 2.57. The minimum atomic E-state index is -3.60. The van der Waals surface area contributed by atoms with Crippen LogP contribution in [0.15, 0.2) is 0 Å². The molecule has 2 unspecified atom stereocenters. The van der Waals surface area contributed by atoms with Crippen molar-refractivity contribution in [3.63, 3.8) is 0 Å². The molecule has 2 atom stereocenters. The summed E-state index contributed by atoms with van der Waals surface area (Å²) in [6.45, 7) is 4.70. The predicted molar refractivity (Wildman–Crippen MR) is 78.6 cm³/mol. The van der Waals surface area contributed by atoms with Gasteiger partial charge in [-0.3, -0.25) is 4.18 Å². The fourth-order valence-electron chi connectivity index (χ4n) is 3.65. The van der Waals surface area contributed by atoms with Gasteiger partial charge in [-0.15, -0.1) is 0 Å². The van der Waals surface area contributed by atoms with E-state index in [1.807, 2.05) is 13.8 Å². The molecular weight excluding hydrogens is 312 g/mol. The molecule has 1 saturated heterocycles. The van der Waals surface area contributed by atoms with Crippen LogP contribution in [-0.2, 0) is 23.8 Å². The molecule has 130 valence electrons. The summed E-state index contributed by atoms with van der Waals surface area (Å²) >= 11 is 0. The molecule has 0 amide bonds. The Labute approximate surface area is 131 Å². The Hall–Kier alpha value is -0.250. The maximum atomic E-state index is 11.0. The van der Waals surface area contributed by atoms with Gasteiger partial charge >= 0.3 is 0 Å². The third kappa shape index (κ3) is 3.98. The molecule has 1 saturated carbocycles. The maximum absolute atomic E-state index is 11.0. The highest BCUT2D eigenvalue weighted by Crippen LogP contribution is 2.53. The molecule has 7 nitrogen and oxygen atoms in total. The van der Waals surface area contributed by atoms with Gasteiger partial charge in [-0.25, -0.2) is 0 Å². The summed E-state index contributed by atoms with van der Waals surface area (Å²) in [5.41, 5.74) is -1.50. The van der Waals surface area contributed by atoms with Gasteiger partial charge in [0.1, 0.15) is 0 Å². The van der Waals surface area contributed by atoms with Crippen LogP contribution in [0.5, 0.6) is 0 Å². The molecule has 2 N–H and O–H groups in total. The van der Waals surface area contributed by atoms with Gasteiger partial charge in [0.05, 0.1) is 37.8 Å². The zero-order valence-corrected chi connectivity index (χ0v) is 14.2. The highest BCUT2D eigenvalue weighted by atomic mass is 32.2. The van der Waals surface area contributed by atoms with Crippen molar-refractivity contribution in [1.29, 1.82) is 0 Å². The number of hydrogen-bond donors (Lipinski definition) is 2. The summed E-state index contributed by atoms with van der Waals surface area (Å²) in [4.78, 5) is 0. The topological polar surface area (TPSA) is 102 Å². The Morgan fingerprint density at radius 3 is 2.32 bits per heavy atom. The van der Waals surface area contributed by atoms with Gasteiger partial charge in [0.25, 0.3) is 10.1 Å². The largest absolute Gasteiger partial charge is 0.391 e. The van der Waals surface area contributed by atoms with Crippen molar-refractivity contribution >= 4 is 10.1 Å². The summed E-state index contributed by atoms with van der Waals surface area (Å²) in [5.74, 6) is -0.673. The Morgan fingerprint density at radius 1 is 1.23 bits per heavy atom. The number of ether oxygens (including phenoxy) is 2. The molecule has 8 heteroatoms. The van der Waals surface area contributed by atoms with Crippen LogP contribution >= 0.6 is 0 Å². The van der Waals surface area contributed by atoms with Crippen LogP contribution in [0, 0.1) is 5.41 Å². The van der Waals surface area contributed by atoms with Crippen LogP contribution in [0.1, 0.15) is 39.5 Å². The molecule has 0 aromatic heterocycles. The van der Waals surface area contributed by atoms with Gasteiger partial charge in [-0.05, 0) is 12.8 Å². The van der Waals surface area contributed by atoms with E-state index in [4.69, 9.17) is 9.47 Å². The monoisotopic (exact) mass is 338 g/mol. The molecule has 0 radical (unpaired) electrons. The molecule has 2 aliphatic rings. The first kappa shape index (κ1) is 18.1. The second kappa shape index (κ2) is 5.99. The Balaban J connectivity index is 1.97. The van der Waals surface area contributed by atoms with Crippen LogP contribution in [0.4, 0.5) is 0 Å². The molecule has 0 aromatic carbocycles. The van der Waals surface area contributed by atoms with Crippen LogP contribution in [0.25, 0.3) is 0 Å². The van der Waals surface area contributed by atoms with Crippen molar-refractivity contribution in [2.75, 3.05) is 26.1 Å². The van der Waals surface area contributed by atoms with Gasteiger partial charge < -0.3 is 19.7 Å². The average molecular weight is 338 g/mol. The van der Waals surface area contributed by atoms with Gasteiger partial charge in [-0.2, -0.15) is 8.42 Å². The van der Waals surface area contributed by atoms with Crippen LogP contribution in [0.3, 0.4) is 0 Å². The molecule has 2 fully saturated rings. The molecular formula is C14H26O7S. The lowest BCUT2D eigenvalue weighted by Crippen LogP contribution is -2.56. The quantitative estimate of drug-likeness (QED) is 0.699. The van der Waals surface area contributed by atoms with Crippen LogP contribution < -0.4 is 0 Å². The van der Waals surface area contributed by atoms with E-state index >= 15 is 0 Å². The Kier molecular flexibility index (Phi) is 4.93. The van der Waals surface area contributed by atoms with E-state index < -0.39 is 33.0 Å². The van der Waals surface area contributed by atoms with Crippen molar-refractivity contribution in [2.24, 2.45) is 5.41 Å². The summed E-state index contributed by atoms with van der Waals surface area (Å²) in [7, 11) is -3.60. The molecule has 22 heavy (non-hydrogen) atoms. The summed E-state index contributed by atoms with van der Waals surface area (Å²) < 4.78 is 38.1. The number of rotatable bonds is 5. The zero-order valence-electron chi connectivity index (χ0n) is 13.4. The van der Waals surface area contributed by atoms with Crippen molar-refractivity contribution < 1.29 is 32.3 Å². The molecule has 1 aliphatic heterocycles.